The Kier molecular flexibility index (Phi) is 3.44. The van der Waals surface area contributed by atoms with Gasteiger partial charge in [0.05, 0.1) is 0 Å². The van der Waals surface area contributed by atoms with Crippen molar-refractivity contribution in [3.63, 3.8) is 0 Å². The molecule has 0 aliphatic rings. The maximum absolute atomic E-state index is 4.49. The van der Waals surface area contributed by atoms with Crippen molar-refractivity contribution >= 4 is 32.5 Å². The maximum Gasteiger partial charge on any atom is 0.136 e. The molecule has 0 aliphatic heterocycles. The molecule has 0 N–H and O–H groups in total. The average Bonchev–Trinajstić information content (AvgIpc) is 2.30. The minimum atomic E-state index is 0.985. The van der Waals surface area contributed by atoms with Crippen molar-refractivity contribution in [2.75, 3.05) is 18.0 Å². The standard InChI is InChI=1S/C13H15BrN2/c1-3-16(4-2)13-12-6-5-11(14)9-10(12)7-8-15-13/h5-9H,3-4H2,1-2H3. The number of pyridine rings is 1. The average molecular weight is 279 g/mol. The van der Waals surface area contributed by atoms with E-state index in [9.17, 15) is 0 Å². The second-order valence-corrected chi connectivity index (χ2v) is 4.59. The van der Waals surface area contributed by atoms with Gasteiger partial charge in [-0.05, 0) is 43.5 Å². The molecule has 2 aromatic rings. The molecular weight excluding hydrogens is 264 g/mol. The van der Waals surface area contributed by atoms with Gasteiger partial charge in [0.1, 0.15) is 5.82 Å². The highest BCUT2D eigenvalue weighted by atomic mass is 79.9. The van der Waals surface area contributed by atoms with Crippen LogP contribution in [0.1, 0.15) is 13.8 Å². The van der Waals surface area contributed by atoms with E-state index < -0.39 is 0 Å². The molecule has 16 heavy (non-hydrogen) atoms. The fourth-order valence-corrected chi connectivity index (χ4v) is 2.29. The van der Waals surface area contributed by atoms with Gasteiger partial charge in [0.25, 0.3) is 0 Å². The zero-order valence-electron chi connectivity index (χ0n) is 9.57. The summed E-state index contributed by atoms with van der Waals surface area (Å²) in [4.78, 5) is 6.76. The van der Waals surface area contributed by atoms with Gasteiger partial charge in [0.2, 0.25) is 0 Å². The van der Waals surface area contributed by atoms with Crippen LogP contribution in [0, 0.1) is 0 Å². The van der Waals surface area contributed by atoms with Crippen LogP contribution in [-0.2, 0) is 0 Å². The van der Waals surface area contributed by atoms with Crippen LogP contribution in [0.3, 0.4) is 0 Å². The highest BCUT2D eigenvalue weighted by molar-refractivity contribution is 9.10. The van der Waals surface area contributed by atoms with Crippen LogP contribution in [0.5, 0.6) is 0 Å². The molecule has 0 spiro atoms. The van der Waals surface area contributed by atoms with Crippen molar-refractivity contribution in [1.29, 1.82) is 0 Å². The Labute approximate surface area is 104 Å². The molecule has 0 radical (unpaired) electrons. The summed E-state index contributed by atoms with van der Waals surface area (Å²) in [5.74, 6) is 1.08. The van der Waals surface area contributed by atoms with Crippen LogP contribution >= 0.6 is 15.9 Å². The first kappa shape index (κ1) is 11.4. The van der Waals surface area contributed by atoms with Crippen molar-refractivity contribution in [2.24, 2.45) is 0 Å². The first-order chi connectivity index (χ1) is 7.76. The van der Waals surface area contributed by atoms with Gasteiger partial charge in [0.15, 0.2) is 0 Å². The molecule has 0 saturated carbocycles. The first-order valence-corrected chi connectivity index (χ1v) is 6.34. The Hall–Kier alpha value is -1.09. The molecule has 2 rings (SSSR count). The topological polar surface area (TPSA) is 16.1 Å². The molecule has 0 aliphatic carbocycles. The van der Waals surface area contributed by atoms with Gasteiger partial charge in [-0.3, -0.25) is 0 Å². The second-order valence-electron chi connectivity index (χ2n) is 3.67. The smallest absolute Gasteiger partial charge is 0.136 e. The number of hydrogen-bond acceptors (Lipinski definition) is 2. The summed E-state index contributed by atoms with van der Waals surface area (Å²) in [5.41, 5.74) is 0. The molecule has 0 unspecified atom stereocenters. The number of nitrogens with zero attached hydrogens (tertiary/aromatic N) is 2. The number of fused-ring (bicyclic) bond motifs is 1. The molecule has 0 atom stereocenters. The third-order valence-electron chi connectivity index (χ3n) is 2.77. The Morgan fingerprint density at radius 1 is 1.19 bits per heavy atom. The number of anilines is 1. The Morgan fingerprint density at radius 2 is 1.94 bits per heavy atom. The quantitative estimate of drug-likeness (QED) is 0.848. The molecule has 1 heterocycles. The minimum Gasteiger partial charge on any atom is -0.357 e. The van der Waals surface area contributed by atoms with E-state index in [4.69, 9.17) is 0 Å². The zero-order chi connectivity index (χ0) is 11.5. The fraction of sp³-hybridized carbons (Fsp3) is 0.308. The highest BCUT2D eigenvalue weighted by Gasteiger charge is 2.07. The molecule has 0 fully saturated rings. The molecule has 1 aromatic carbocycles. The SMILES string of the molecule is CCN(CC)c1nccc2cc(Br)ccc12. The van der Waals surface area contributed by atoms with E-state index in [1.54, 1.807) is 0 Å². The Balaban J connectivity index is 2.61. The monoisotopic (exact) mass is 278 g/mol. The highest BCUT2D eigenvalue weighted by Crippen LogP contribution is 2.26. The van der Waals surface area contributed by atoms with Gasteiger partial charge in [-0.2, -0.15) is 0 Å². The lowest BCUT2D eigenvalue weighted by atomic mass is 10.1. The fourth-order valence-electron chi connectivity index (χ4n) is 1.91. The van der Waals surface area contributed by atoms with Crippen molar-refractivity contribution < 1.29 is 0 Å². The van der Waals surface area contributed by atoms with Crippen LogP contribution in [-0.4, -0.2) is 18.1 Å². The van der Waals surface area contributed by atoms with E-state index in [1.165, 1.54) is 10.8 Å². The largest absolute Gasteiger partial charge is 0.357 e. The summed E-state index contributed by atoms with van der Waals surface area (Å²) < 4.78 is 1.11. The lowest BCUT2D eigenvalue weighted by Crippen LogP contribution is -2.23. The summed E-state index contributed by atoms with van der Waals surface area (Å²) in [6.45, 7) is 6.28. The molecule has 3 heteroatoms. The molecule has 0 saturated heterocycles. The molecule has 84 valence electrons. The van der Waals surface area contributed by atoms with Gasteiger partial charge in [0, 0.05) is 29.1 Å². The summed E-state index contributed by atoms with van der Waals surface area (Å²) in [6, 6.07) is 8.37. The Bertz CT molecular complexity index is 492. The van der Waals surface area contributed by atoms with E-state index in [2.05, 4.69) is 57.9 Å². The molecular formula is C13H15BrN2. The van der Waals surface area contributed by atoms with Crippen molar-refractivity contribution in [1.82, 2.24) is 4.98 Å². The summed E-state index contributed by atoms with van der Waals surface area (Å²) in [7, 11) is 0. The normalized spacial score (nSPS) is 10.7. The maximum atomic E-state index is 4.49. The van der Waals surface area contributed by atoms with Crippen LogP contribution in [0.15, 0.2) is 34.9 Å². The number of benzene rings is 1. The summed E-state index contributed by atoms with van der Waals surface area (Å²) in [6.07, 6.45) is 1.88. The van der Waals surface area contributed by atoms with Crippen LogP contribution in [0.4, 0.5) is 5.82 Å². The van der Waals surface area contributed by atoms with E-state index in [1.807, 2.05) is 12.3 Å². The second kappa shape index (κ2) is 4.83. The van der Waals surface area contributed by atoms with Crippen molar-refractivity contribution in [3.05, 3.63) is 34.9 Å². The molecule has 0 bridgehead atoms. The zero-order valence-corrected chi connectivity index (χ0v) is 11.2. The number of rotatable bonds is 3. The lowest BCUT2D eigenvalue weighted by Gasteiger charge is -2.21. The van der Waals surface area contributed by atoms with Crippen LogP contribution in [0.25, 0.3) is 10.8 Å². The lowest BCUT2D eigenvalue weighted by molar-refractivity contribution is 0.852. The third kappa shape index (κ3) is 2.05. The van der Waals surface area contributed by atoms with Crippen molar-refractivity contribution in [3.8, 4) is 0 Å². The number of hydrogen-bond donors (Lipinski definition) is 0. The van der Waals surface area contributed by atoms with E-state index in [0.717, 1.165) is 23.4 Å². The summed E-state index contributed by atoms with van der Waals surface area (Å²) in [5, 5.41) is 2.45. The molecule has 2 nitrogen and oxygen atoms in total. The predicted octanol–water partition coefficient (Wildman–Crippen LogP) is 3.84. The molecule has 1 aromatic heterocycles. The van der Waals surface area contributed by atoms with Crippen LogP contribution in [0.2, 0.25) is 0 Å². The first-order valence-electron chi connectivity index (χ1n) is 5.55. The molecule has 0 amide bonds. The van der Waals surface area contributed by atoms with Gasteiger partial charge in [-0.1, -0.05) is 15.9 Å². The van der Waals surface area contributed by atoms with E-state index in [-0.39, 0.29) is 0 Å². The predicted molar refractivity (Wildman–Crippen MR) is 73.0 cm³/mol. The van der Waals surface area contributed by atoms with Gasteiger partial charge in [-0.25, -0.2) is 4.98 Å². The van der Waals surface area contributed by atoms with Gasteiger partial charge < -0.3 is 4.90 Å². The minimum absolute atomic E-state index is 0.985. The third-order valence-corrected chi connectivity index (χ3v) is 3.26. The van der Waals surface area contributed by atoms with Crippen molar-refractivity contribution in [2.45, 2.75) is 13.8 Å². The number of aromatic nitrogens is 1. The summed E-state index contributed by atoms with van der Waals surface area (Å²) >= 11 is 3.49. The Morgan fingerprint density at radius 3 is 2.62 bits per heavy atom. The van der Waals surface area contributed by atoms with E-state index in [0.29, 0.717) is 0 Å². The van der Waals surface area contributed by atoms with Crippen LogP contribution < -0.4 is 4.90 Å². The number of halogens is 1. The van der Waals surface area contributed by atoms with E-state index >= 15 is 0 Å². The van der Waals surface area contributed by atoms with Gasteiger partial charge in [-0.15, -0.1) is 0 Å². The van der Waals surface area contributed by atoms with Gasteiger partial charge >= 0.3 is 0 Å².